The van der Waals surface area contributed by atoms with Crippen LogP contribution in [-0.2, 0) is 77.9 Å². The first-order valence-corrected chi connectivity index (χ1v) is 25.8. The van der Waals surface area contributed by atoms with Crippen molar-refractivity contribution in [2.45, 2.75) is 178 Å². The zero-order valence-electron chi connectivity index (χ0n) is 43.6. The Bertz CT molecular complexity index is 1340. The molecule has 0 spiro atoms. The van der Waals surface area contributed by atoms with Crippen LogP contribution in [0.15, 0.2) is 23.9 Å². The Balaban J connectivity index is 0. The minimum Gasteiger partial charge on any atom is -0.693 e. The van der Waals surface area contributed by atoms with Crippen LogP contribution in [0.5, 0.6) is 0 Å². The van der Waals surface area contributed by atoms with Gasteiger partial charge in [-0.1, -0.05) is 108 Å². The fourth-order valence-electron chi connectivity index (χ4n) is 13.9. The molecule has 0 amide bonds. The molecule has 4 saturated carbocycles. The number of likely N-dealkylation sites (tertiary alicyclic amines) is 2. The molecule has 9 fully saturated rings. The summed E-state index contributed by atoms with van der Waals surface area (Å²) in [7, 11) is 0. The number of aliphatic hydroxyl groups excluding tert-OH is 2. The van der Waals surface area contributed by atoms with Crippen LogP contribution in [0.1, 0.15) is 141 Å². The van der Waals surface area contributed by atoms with Gasteiger partial charge in [-0.25, -0.2) is 20.8 Å². The van der Waals surface area contributed by atoms with Crippen LogP contribution in [-0.4, -0.2) is 157 Å². The first kappa shape index (κ1) is 73.8. The van der Waals surface area contributed by atoms with E-state index in [-0.39, 0.29) is 90.2 Å². The third-order valence-electron chi connectivity index (χ3n) is 16.5. The molecule has 8 unspecified atom stereocenters. The number of nitrogens with two attached hydrogens (primary N) is 2. The monoisotopic (exact) mass is 1220 g/mol. The van der Waals surface area contributed by atoms with Gasteiger partial charge in [-0.2, -0.15) is 6.20 Å². The average Bonchev–Trinajstić information content (AvgIpc) is 3.82. The molecule has 0 aromatic carbocycles. The molecule has 72 heavy (non-hydrogen) atoms. The van der Waals surface area contributed by atoms with E-state index in [0.29, 0.717) is 37.3 Å². The maximum Gasteiger partial charge on any atom is 2.00 e. The Labute approximate surface area is 481 Å². The van der Waals surface area contributed by atoms with Crippen molar-refractivity contribution in [1.82, 2.24) is 9.80 Å². The van der Waals surface area contributed by atoms with Gasteiger partial charge >= 0.3 is 49.1 Å². The van der Waals surface area contributed by atoms with Gasteiger partial charge in [0.15, 0.2) is 12.6 Å². The van der Waals surface area contributed by atoms with Gasteiger partial charge in [-0.05, 0) is 92.8 Å². The van der Waals surface area contributed by atoms with Gasteiger partial charge in [-0.15, -0.1) is 45.8 Å². The molecule has 12 N–H and O–H groups in total. The van der Waals surface area contributed by atoms with E-state index < -0.39 is 22.8 Å². The summed E-state index contributed by atoms with van der Waals surface area (Å²) in [5, 5.41) is 79.6. The molecular weight excluding hydrogens is 1140 g/mol. The van der Waals surface area contributed by atoms with E-state index in [1.807, 2.05) is 6.20 Å². The van der Waals surface area contributed by atoms with E-state index in [1.165, 1.54) is 147 Å². The molecule has 24 heteroatoms. The van der Waals surface area contributed by atoms with Gasteiger partial charge < -0.3 is 54.0 Å². The number of hydrogen-bond donors (Lipinski definition) is 8. The molecule has 8 atom stereocenters. The summed E-state index contributed by atoms with van der Waals surface area (Å²) in [5.74, 6) is 6.14. The van der Waals surface area contributed by atoms with Crippen molar-refractivity contribution in [3.8, 4) is 0 Å². The molecule has 0 bridgehead atoms. The molecular formula is C48H90N10O10Zn4. The van der Waals surface area contributed by atoms with E-state index in [1.54, 1.807) is 0 Å². The van der Waals surface area contributed by atoms with Crippen LogP contribution in [0.25, 0.3) is 33.6 Å². The van der Waals surface area contributed by atoms with E-state index >= 15 is 0 Å². The standard InChI is InChI=1S/2C14H25NO2.C10H18N2.C10H14N2.2H2NO3.2H2N.4Zn/c2*16-14(17)9-15-12-7-3-1-5-10(12)11-6-2-4-8-13(11)15;2*1-5-11-6-2-9(1)10-3-7-12-8-4-10;2*2-1(3)4;;;;;;/h2*10-14,16-17H,1-9H2;9-10H,1-8H2;1-2,5,10H,3-4,6-8H2;2*(H2,2,3,4);2*1H2;;;;/q;;2*-2;2*+1;2*-1;;;2*+2. The normalized spacial score (nSPS) is 29.7. The van der Waals surface area contributed by atoms with Crippen molar-refractivity contribution in [1.29, 1.82) is 0 Å². The summed E-state index contributed by atoms with van der Waals surface area (Å²) in [4.78, 5) is 21.9. The van der Waals surface area contributed by atoms with Gasteiger partial charge in [0.1, 0.15) is 9.81 Å². The van der Waals surface area contributed by atoms with Crippen LogP contribution >= 0.6 is 0 Å². The summed E-state index contributed by atoms with van der Waals surface area (Å²) in [5.41, 5.74) is 1.49. The third kappa shape index (κ3) is 24.6. The second-order valence-corrected chi connectivity index (χ2v) is 20.3. The fraction of sp³-hybridized carbons (Fsp3) is 0.917. The molecule has 6 aliphatic heterocycles. The average molecular weight is 1230 g/mol. The molecule has 5 saturated heterocycles. The summed E-state index contributed by atoms with van der Waals surface area (Å²) >= 11 is 0. The smallest absolute Gasteiger partial charge is 0.693 e. The first-order chi connectivity index (χ1) is 31.9. The maximum atomic E-state index is 9.31. The predicted molar refractivity (Wildman–Crippen MR) is 261 cm³/mol. The van der Waals surface area contributed by atoms with Crippen molar-refractivity contribution in [2.75, 3.05) is 58.9 Å². The van der Waals surface area contributed by atoms with E-state index in [4.69, 9.17) is 30.6 Å². The molecule has 10 aliphatic rings. The topological polar surface area (TPSA) is 332 Å². The summed E-state index contributed by atoms with van der Waals surface area (Å²) < 4.78 is 0. The van der Waals surface area contributed by atoms with E-state index in [0.717, 1.165) is 87.2 Å². The van der Waals surface area contributed by atoms with E-state index in [2.05, 4.69) is 43.2 Å². The number of allylic oxidation sites excluding steroid dienone is 2. The van der Waals surface area contributed by atoms with Gasteiger partial charge in [0.05, 0.1) is 0 Å². The SMILES string of the molecule is C1=CC(C2CC[N-]CC2)=CC[N-]1.C1CC(C2CC[N-]CC2)CC[N-]1.O=[N+](O)O.O=[N+](O)O.OC(O)CN1C2CCCCC2C2CCCCC21.OC(O)CN1C2CCCCC2C2CCCCC21.[NH2-].[NH2-].[Zn+2].[Zn+2].[Zn].[Zn]. The molecule has 400 valence electrons. The Hall–Kier alpha value is -0.266. The minimum atomic E-state index is -1.25. The van der Waals surface area contributed by atoms with Crippen LogP contribution in [0.2, 0.25) is 0 Å². The predicted octanol–water partition coefficient (Wildman–Crippen LogP) is 9.12. The second-order valence-electron chi connectivity index (χ2n) is 20.3. The molecule has 20 nitrogen and oxygen atoms in total. The number of rotatable bonds is 6. The maximum absolute atomic E-state index is 9.31. The number of piperidine rings is 3. The number of β-amino-alcohol motifs (C(OH)–C–C–N with tert-alkyl or cyclic N) is 4. The van der Waals surface area contributed by atoms with Crippen molar-refractivity contribution in [3.63, 3.8) is 0 Å². The van der Waals surface area contributed by atoms with Crippen LogP contribution in [0.4, 0.5) is 0 Å². The summed E-state index contributed by atoms with van der Waals surface area (Å²) in [6.45, 7) is 8.41. The third-order valence-corrected chi connectivity index (χ3v) is 16.5. The number of fused-ring (bicyclic) bond motifs is 6. The van der Waals surface area contributed by atoms with Gasteiger partial charge in [0.2, 0.25) is 0 Å². The first-order valence-electron chi connectivity index (χ1n) is 25.8. The molecule has 10 rings (SSSR count). The zero-order chi connectivity index (χ0) is 47.3. The molecule has 0 aromatic rings. The molecule has 6 heterocycles. The van der Waals surface area contributed by atoms with E-state index in [9.17, 15) is 20.4 Å². The minimum absolute atomic E-state index is 0. The van der Waals surface area contributed by atoms with Crippen molar-refractivity contribution in [2.24, 2.45) is 41.4 Å². The summed E-state index contributed by atoms with van der Waals surface area (Å²) in [6, 6.07) is 2.61. The number of hydrogen-bond acceptors (Lipinski definition) is 8. The fourth-order valence-corrected chi connectivity index (χ4v) is 13.9. The molecule has 0 aromatic heterocycles. The molecule has 4 aliphatic carbocycles. The van der Waals surface area contributed by atoms with Crippen molar-refractivity contribution in [3.05, 3.63) is 67.3 Å². The van der Waals surface area contributed by atoms with Gasteiger partial charge in [-0.3, -0.25) is 9.80 Å². The quantitative estimate of drug-likeness (QED) is 0.0701. The number of nitrogens with zero attached hydrogens (tertiary/aromatic N) is 8. The van der Waals surface area contributed by atoms with Crippen molar-refractivity contribution < 1.29 is 129 Å². The summed E-state index contributed by atoms with van der Waals surface area (Å²) in [6.07, 6.45) is 33.4. The number of aliphatic hydroxyl groups is 4. The Kier molecular flexibility index (Phi) is 41.9. The Morgan fingerprint density at radius 3 is 1.03 bits per heavy atom. The Morgan fingerprint density at radius 1 is 0.486 bits per heavy atom. The Morgan fingerprint density at radius 2 is 0.764 bits per heavy atom. The van der Waals surface area contributed by atoms with Gasteiger partial charge in [0.25, 0.3) is 0 Å². The van der Waals surface area contributed by atoms with Crippen LogP contribution in [0.3, 0.4) is 0 Å². The largest absolute Gasteiger partial charge is 2.00 e. The zero-order valence-corrected chi connectivity index (χ0v) is 55.5. The van der Waals surface area contributed by atoms with Gasteiger partial charge in [0, 0.05) is 76.2 Å². The van der Waals surface area contributed by atoms with Crippen molar-refractivity contribution >= 4 is 0 Å². The second kappa shape index (κ2) is 40.9. The van der Waals surface area contributed by atoms with Crippen LogP contribution in [0, 0.1) is 51.2 Å². The molecule has 0 radical (unpaired) electrons. The van der Waals surface area contributed by atoms with Crippen LogP contribution < -0.4 is 0 Å².